The third kappa shape index (κ3) is 5.49. The first-order chi connectivity index (χ1) is 15.1. The largest absolute Gasteiger partial charge is 0.493 e. The molecule has 1 fully saturated rings. The maximum absolute atomic E-state index is 12.6. The molecular weight excluding hydrogens is 394 g/mol. The third-order valence-corrected chi connectivity index (χ3v) is 5.44. The van der Waals surface area contributed by atoms with Crippen molar-refractivity contribution in [3.8, 4) is 17.2 Å². The minimum absolute atomic E-state index is 0.201. The molecule has 0 bridgehead atoms. The summed E-state index contributed by atoms with van der Waals surface area (Å²) in [7, 11) is 4.69. The molecule has 0 spiro atoms. The number of ether oxygens (including phenoxy) is 3. The molecule has 0 unspecified atom stereocenters. The van der Waals surface area contributed by atoms with Crippen LogP contribution in [0.1, 0.15) is 12.5 Å². The van der Waals surface area contributed by atoms with E-state index in [2.05, 4.69) is 28.1 Å². The number of hydrogen-bond donors (Lipinski definition) is 1. The minimum Gasteiger partial charge on any atom is -0.493 e. The fraction of sp³-hybridized carbons (Fsp3) is 0.375. The van der Waals surface area contributed by atoms with Crippen LogP contribution in [-0.2, 0) is 4.79 Å². The first kappa shape index (κ1) is 22.5. The Labute approximate surface area is 184 Å². The van der Waals surface area contributed by atoms with Crippen LogP contribution < -0.4 is 24.4 Å². The van der Waals surface area contributed by atoms with Gasteiger partial charge in [-0.3, -0.25) is 4.79 Å². The number of rotatable bonds is 8. The SMILES string of the molecule is CCN1CCN(c2ccccc2NC(=O)/C=C/c2cc(OC)c(OC)c(OC)c2)CC1. The third-order valence-electron chi connectivity index (χ3n) is 5.44. The number of piperazine rings is 1. The van der Waals surface area contributed by atoms with Crippen molar-refractivity contribution >= 4 is 23.4 Å². The Morgan fingerprint density at radius 3 is 2.23 bits per heavy atom. The maximum atomic E-state index is 12.6. The first-order valence-corrected chi connectivity index (χ1v) is 10.4. The number of para-hydroxylation sites is 2. The number of methoxy groups -OCH3 is 3. The van der Waals surface area contributed by atoms with Crippen molar-refractivity contribution < 1.29 is 19.0 Å². The molecule has 7 nitrogen and oxygen atoms in total. The lowest BCUT2D eigenvalue weighted by molar-refractivity contribution is -0.111. The molecule has 1 N–H and O–H groups in total. The average molecular weight is 426 g/mol. The molecule has 0 aromatic heterocycles. The van der Waals surface area contributed by atoms with E-state index in [-0.39, 0.29) is 5.91 Å². The lowest BCUT2D eigenvalue weighted by atomic mass is 10.1. The van der Waals surface area contributed by atoms with Gasteiger partial charge in [0.15, 0.2) is 11.5 Å². The van der Waals surface area contributed by atoms with Gasteiger partial charge in [0.25, 0.3) is 0 Å². The first-order valence-electron chi connectivity index (χ1n) is 10.4. The average Bonchev–Trinajstić information content (AvgIpc) is 2.82. The summed E-state index contributed by atoms with van der Waals surface area (Å²) < 4.78 is 16.1. The van der Waals surface area contributed by atoms with Crippen LogP contribution in [0.5, 0.6) is 17.2 Å². The molecule has 166 valence electrons. The van der Waals surface area contributed by atoms with Gasteiger partial charge in [-0.1, -0.05) is 19.1 Å². The van der Waals surface area contributed by atoms with Gasteiger partial charge in [-0.2, -0.15) is 0 Å². The smallest absolute Gasteiger partial charge is 0.248 e. The van der Waals surface area contributed by atoms with Gasteiger partial charge in [0.05, 0.1) is 32.7 Å². The topological polar surface area (TPSA) is 63.3 Å². The fourth-order valence-corrected chi connectivity index (χ4v) is 3.70. The highest BCUT2D eigenvalue weighted by atomic mass is 16.5. The van der Waals surface area contributed by atoms with Gasteiger partial charge in [0, 0.05) is 32.3 Å². The second kappa shape index (κ2) is 10.7. The monoisotopic (exact) mass is 425 g/mol. The number of nitrogens with zero attached hydrogens (tertiary/aromatic N) is 2. The molecule has 1 amide bonds. The van der Waals surface area contributed by atoms with Crippen LogP contribution in [0.3, 0.4) is 0 Å². The molecule has 0 aliphatic carbocycles. The number of anilines is 2. The number of carbonyl (C=O) groups excluding carboxylic acids is 1. The minimum atomic E-state index is -0.201. The van der Waals surface area contributed by atoms with Crippen LogP contribution in [0.15, 0.2) is 42.5 Å². The quantitative estimate of drug-likeness (QED) is 0.653. The Morgan fingerprint density at radius 1 is 1.00 bits per heavy atom. The van der Waals surface area contributed by atoms with Crippen molar-refractivity contribution in [2.24, 2.45) is 0 Å². The summed E-state index contributed by atoms with van der Waals surface area (Å²) in [5.74, 6) is 1.40. The molecule has 1 aliphatic rings. The van der Waals surface area contributed by atoms with Gasteiger partial charge in [0.1, 0.15) is 0 Å². The van der Waals surface area contributed by atoms with Crippen LogP contribution in [0.2, 0.25) is 0 Å². The summed E-state index contributed by atoms with van der Waals surface area (Å²) >= 11 is 0. The standard InChI is InChI=1S/C24H31N3O4/c1-5-26-12-14-27(15-13-26)20-9-7-6-8-19(20)25-23(28)11-10-18-16-21(29-2)24(31-4)22(17-18)30-3/h6-11,16-17H,5,12-15H2,1-4H3,(H,25,28)/b11-10+. The predicted molar refractivity (Wildman–Crippen MR) is 125 cm³/mol. The zero-order valence-corrected chi connectivity index (χ0v) is 18.7. The zero-order chi connectivity index (χ0) is 22.2. The Balaban J connectivity index is 1.73. The van der Waals surface area contributed by atoms with Crippen molar-refractivity contribution in [3.05, 3.63) is 48.0 Å². The lowest BCUT2D eigenvalue weighted by Gasteiger charge is -2.36. The summed E-state index contributed by atoms with van der Waals surface area (Å²) in [5, 5.41) is 3.01. The van der Waals surface area contributed by atoms with Crippen LogP contribution in [0.4, 0.5) is 11.4 Å². The molecule has 0 radical (unpaired) electrons. The van der Waals surface area contributed by atoms with E-state index < -0.39 is 0 Å². The van der Waals surface area contributed by atoms with E-state index in [0.717, 1.165) is 49.7 Å². The van der Waals surface area contributed by atoms with Crippen LogP contribution in [0.25, 0.3) is 6.08 Å². The van der Waals surface area contributed by atoms with Gasteiger partial charge in [-0.25, -0.2) is 0 Å². The van der Waals surface area contributed by atoms with E-state index in [9.17, 15) is 4.79 Å². The van der Waals surface area contributed by atoms with Gasteiger partial charge >= 0.3 is 0 Å². The molecule has 1 aliphatic heterocycles. The molecule has 1 heterocycles. The van der Waals surface area contributed by atoms with E-state index >= 15 is 0 Å². The number of hydrogen-bond acceptors (Lipinski definition) is 6. The number of benzene rings is 2. The fourth-order valence-electron chi connectivity index (χ4n) is 3.70. The number of amides is 1. The Bertz CT molecular complexity index is 896. The van der Waals surface area contributed by atoms with E-state index in [1.807, 2.05) is 18.2 Å². The van der Waals surface area contributed by atoms with Crippen molar-refractivity contribution in [3.63, 3.8) is 0 Å². The lowest BCUT2D eigenvalue weighted by Crippen LogP contribution is -2.46. The molecular formula is C24H31N3O4. The summed E-state index contributed by atoms with van der Waals surface area (Å²) in [6.07, 6.45) is 3.23. The van der Waals surface area contributed by atoms with Crippen LogP contribution >= 0.6 is 0 Å². The molecule has 31 heavy (non-hydrogen) atoms. The highest BCUT2D eigenvalue weighted by molar-refractivity contribution is 6.03. The second-order valence-corrected chi connectivity index (χ2v) is 7.22. The predicted octanol–water partition coefficient (Wildman–Crippen LogP) is 3.51. The van der Waals surface area contributed by atoms with E-state index in [4.69, 9.17) is 14.2 Å². The molecule has 1 saturated heterocycles. The van der Waals surface area contributed by atoms with Crippen molar-refractivity contribution in [2.75, 3.05) is 64.3 Å². The van der Waals surface area contributed by atoms with E-state index in [1.165, 1.54) is 6.08 Å². The molecule has 3 rings (SSSR count). The van der Waals surface area contributed by atoms with Gasteiger partial charge in [-0.05, 0) is 42.4 Å². The van der Waals surface area contributed by atoms with Crippen molar-refractivity contribution in [2.45, 2.75) is 6.92 Å². The van der Waals surface area contributed by atoms with Gasteiger partial charge in [-0.15, -0.1) is 0 Å². The molecule has 0 atom stereocenters. The van der Waals surface area contributed by atoms with Crippen molar-refractivity contribution in [1.29, 1.82) is 0 Å². The number of nitrogens with one attached hydrogen (secondary N) is 1. The molecule has 0 saturated carbocycles. The van der Waals surface area contributed by atoms with Crippen LogP contribution in [0, 0.1) is 0 Å². The second-order valence-electron chi connectivity index (χ2n) is 7.22. The summed E-state index contributed by atoms with van der Waals surface area (Å²) in [4.78, 5) is 17.4. The Hall–Kier alpha value is -3.19. The maximum Gasteiger partial charge on any atom is 0.248 e. The van der Waals surface area contributed by atoms with E-state index in [1.54, 1.807) is 39.5 Å². The van der Waals surface area contributed by atoms with E-state index in [0.29, 0.717) is 17.2 Å². The Kier molecular flexibility index (Phi) is 7.78. The number of carbonyl (C=O) groups is 1. The Morgan fingerprint density at radius 2 is 1.65 bits per heavy atom. The van der Waals surface area contributed by atoms with Crippen molar-refractivity contribution in [1.82, 2.24) is 4.90 Å². The highest BCUT2D eigenvalue weighted by Crippen LogP contribution is 2.38. The van der Waals surface area contributed by atoms with Gasteiger partial charge < -0.3 is 29.3 Å². The number of likely N-dealkylation sites (N-methyl/N-ethyl adjacent to an activating group) is 1. The summed E-state index contributed by atoms with van der Waals surface area (Å²) in [5.41, 5.74) is 2.63. The molecule has 2 aromatic carbocycles. The highest BCUT2D eigenvalue weighted by Gasteiger charge is 2.18. The van der Waals surface area contributed by atoms with Gasteiger partial charge in [0.2, 0.25) is 11.7 Å². The normalized spacial score (nSPS) is 14.5. The molecule has 2 aromatic rings. The summed E-state index contributed by atoms with van der Waals surface area (Å²) in [6, 6.07) is 11.5. The molecule has 7 heteroatoms. The van der Waals surface area contributed by atoms with Crippen LogP contribution in [-0.4, -0.2) is 64.9 Å². The zero-order valence-electron chi connectivity index (χ0n) is 18.7. The summed E-state index contributed by atoms with van der Waals surface area (Å²) in [6.45, 7) is 7.20.